The van der Waals surface area contributed by atoms with E-state index in [0.29, 0.717) is 36.8 Å². The van der Waals surface area contributed by atoms with Gasteiger partial charge in [-0.15, -0.1) is 0 Å². The topological polar surface area (TPSA) is 93.7 Å². The number of anilines is 1. The third-order valence-electron chi connectivity index (χ3n) is 3.34. The Kier molecular flexibility index (Phi) is 6.99. The molecule has 140 valence electrons. The highest BCUT2D eigenvalue weighted by atomic mass is 32.2. The third kappa shape index (κ3) is 6.73. The fourth-order valence-corrected chi connectivity index (χ4v) is 2.77. The van der Waals surface area contributed by atoms with Crippen LogP contribution in [0.4, 0.5) is 5.69 Å². The Balaban J connectivity index is 1.96. The SMILES string of the molecule is COCCOc1cccc(CNC(=O)c2cccc(NS(C)(=O)=O)c2)c1. The van der Waals surface area contributed by atoms with Gasteiger partial charge in [0.05, 0.1) is 12.9 Å². The van der Waals surface area contributed by atoms with Crippen LogP contribution in [0.5, 0.6) is 5.75 Å². The highest BCUT2D eigenvalue weighted by molar-refractivity contribution is 7.92. The molecule has 2 aromatic carbocycles. The summed E-state index contributed by atoms with van der Waals surface area (Å²) in [6, 6.07) is 13.7. The first-order valence-corrected chi connectivity index (χ1v) is 9.83. The summed E-state index contributed by atoms with van der Waals surface area (Å²) in [5.41, 5.74) is 1.60. The van der Waals surface area contributed by atoms with Crippen LogP contribution in [0.3, 0.4) is 0 Å². The summed E-state index contributed by atoms with van der Waals surface area (Å²) in [6.45, 7) is 1.27. The van der Waals surface area contributed by atoms with Crippen molar-refractivity contribution >= 4 is 21.6 Å². The smallest absolute Gasteiger partial charge is 0.251 e. The molecule has 0 bridgehead atoms. The van der Waals surface area contributed by atoms with Gasteiger partial charge in [-0.1, -0.05) is 18.2 Å². The highest BCUT2D eigenvalue weighted by Gasteiger charge is 2.08. The number of amides is 1. The Morgan fingerprint density at radius 2 is 1.85 bits per heavy atom. The lowest BCUT2D eigenvalue weighted by Crippen LogP contribution is -2.23. The standard InChI is InChI=1S/C18H22N2O5S/c1-24-9-10-25-17-8-3-5-14(11-17)13-19-18(21)15-6-4-7-16(12-15)20-26(2,22)23/h3-8,11-12,20H,9-10,13H2,1-2H3,(H,19,21). The van der Waals surface area contributed by atoms with E-state index in [4.69, 9.17) is 9.47 Å². The zero-order chi connectivity index (χ0) is 19.0. The lowest BCUT2D eigenvalue weighted by atomic mass is 10.1. The quantitative estimate of drug-likeness (QED) is 0.651. The number of ether oxygens (including phenoxy) is 2. The summed E-state index contributed by atoms with van der Waals surface area (Å²) in [7, 11) is -1.79. The molecule has 2 rings (SSSR count). The Bertz CT molecular complexity index is 852. The molecule has 2 aromatic rings. The molecular weight excluding hydrogens is 356 g/mol. The molecule has 0 atom stereocenters. The number of hydrogen-bond acceptors (Lipinski definition) is 5. The van der Waals surface area contributed by atoms with Gasteiger partial charge in [0.2, 0.25) is 10.0 Å². The minimum atomic E-state index is -3.39. The molecule has 1 amide bonds. The molecular formula is C18H22N2O5S. The molecule has 0 unspecified atom stereocenters. The second kappa shape index (κ2) is 9.21. The van der Waals surface area contributed by atoms with Crippen molar-refractivity contribution in [1.82, 2.24) is 5.32 Å². The number of carbonyl (C=O) groups is 1. The maximum atomic E-state index is 12.3. The molecule has 0 saturated carbocycles. The molecule has 0 fully saturated rings. The number of carbonyl (C=O) groups excluding carboxylic acids is 1. The van der Waals surface area contributed by atoms with Crippen LogP contribution < -0.4 is 14.8 Å². The van der Waals surface area contributed by atoms with E-state index in [0.717, 1.165) is 11.8 Å². The van der Waals surface area contributed by atoms with Gasteiger partial charge in [-0.05, 0) is 35.9 Å². The largest absolute Gasteiger partial charge is 0.491 e. The van der Waals surface area contributed by atoms with E-state index in [2.05, 4.69) is 10.0 Å². The van der Waals surface area contributed by atoms with Crippen molar-refractivity contribution in [3.8, 4) is 5.75 Å². The first kappa shape index (κ1) is 19.7. The molecule has 0 aliphatic carbocycles. The number of methoxy groups -OCH3 is 1. The first-order chi connectivity index (χ1) is 12.4. The predicted octanol–water partition coefficient (Wildman–Crippen LogP) is 2.01. The molecule has 8 heteroatoms. The lowest BCUT2D eigenvalue weighted by molar-refractivity contribution is 0.0951. The minimum absolute atomic E-state index is 0.298. The van der Waals surface area contributed by atoms with Gasteiger partial charge in [-0.2, -0.15) is 0 Å². The Morgan fingerprint density at radius 1 is 1.08 bits per heavy atom. The van der Waals surface area contributed by atoms with E-state index >= 15 is 0 Å². The molecule has 0 spiro atoms. The molecule has 0 aliphatic rings. The molecule has 0 aromatic heterocycles. The van der Waals surface area contributed by atoms with Crippen LogP contribution >= 0.6 is 0 Å². The number of hydrogen-bond donors (Lipinski definition) is 2. The van der Waals surface area contributed by atoms with Gasteiger partial charge in [0.1, 0.15) is 12.4 Å². The normalized spacial score (nSPS) is 11.0. The van der Waals surface area contributed by atoms with Crippen LogP contribution in [0.15, 0.2) is 48.5 Å². The van der Waals surface area contributed by atoms with Crippen molar-refractivity contribution < 1.29 is 22.7 Å². The fourth-order valence-electron chi connectivity index (χ4n) is 2.21. The average molecular weight is 378 g/mol. The van der Waals surface area contributed by atoms with E-state index < -0.39 is 10.0 Å². The van der Waals surface area contributed by atoms with Crippen LogP contribution in [0.25, 0.3) is 0 Å². The Labute approximate surface area is 153 Å². The Hall–Kier alpha value is -2.58. The first-order valence-electron chi connectivity index (χ1n) is 7.94. The highest BCUT2D eigenvalue weighted by Crippen LogP contribution is 2.14. The van der Waals surface area contributed by atoms with Gasteiger partial charge in [-0.25, -0.2) is 8.42 Å². The molecule has 2 N–H and O–H groups in total. The Morgan fingerprint density at radius 3 is 2.58 bits per heavy atom. The van der Waals surface area contributed by atoms with Gasteiger partial charge in [0.25, 0.3) is 5.91 Å². The molecule has 0 saturated heterocycles. The molecule has 7 nitrogen and oxygen atoms in total. The summed E-state index contributed by atoms with van der Waals surface area (Å²) in [5, 5.41) is 2.80. The monoisotopic (exact) mass is 378 g/mol. The van der Waals surface area contributed by atoms with Crippen molar-refractivity contribution in [2.24, 2.45) is 0 Å². The van der Waals surface area contributed by atoms with Crippen molar-refractivity contribution in [2.45, 2.75) is 6.54 Å². The van der Waals surface area contributed by atoms with Gasteiger partial charge in [0.15, 0.2) is 0 Å². The third-order valence-corrected chi connectivity index (χ3v) is 3.94. The van der Waals surface area contributed by atoms with Gasteiger partial charge in [0, 0.05) is 24.9 Å². The summed E-state index contributed by atoms with van der Waals surface area (Å²) in [5.74, 6) is 0.404. The summed E-state index contributed by atoms with van der Waals surface area (Å²) in [6.07, 6.45) is 1.06. The molecule has 0 heterocycles. The summed E-state index contributed by atoms with van der Waals surface area (Å²) < 4.78 is 35.4. The van der Waals surface area contributed by atoms with Crippen LogP contribution in [0, 0.1) is 0 Å². The van der Waals surface area contributed by atoms with E-state index in [-0.39, 0.29) is 5.91 Å². The van der Waals surface area contributed by atoms with Gasteiger partial charge < -0.3 is 14.8 Å². The maximum absolute atomic E-state index is 12.3. The maximum Gasteiger partial charge on any atom is 0.251 e. The molecule has 26 heavy (non-hydrogen) atoms. The van der Waals surface area contributed by atoms with Crippen molar-refractivity contribution in [1.29, 1.82) is 0 Å². The van der Waals surface area contributed by atoms with Gasteiger partial charge >= 0.3 is 0 Å². The zero-order valence-corrected chi connectivity index (χ0v) is 15.5. The van der Waals surface area contributed by atoms with Crippen molar-refractivity contribution in [3.63, 3.8) is 0 Å². The number of rotatable bonds is 9. The van der Waals surface area contributed by atoms with E-state index in [1.807, 2.05) is 24.3 Å². The van der Waals surface area contributed by atoms with E-state index in [1.54, 1.807) is 25.3 Å². The number of sulfonamides is 1. The number of benzene rings is 2. The lowest BCUT2D eigenvalue weighted by Gasteiger charge is -2.10. The fraction of sp³-hybridized carbons (Fsp3) is 0.278. The predicted molar refractivity (Wildman–Crippen MR) is 99.9 cm³/mol. The van der Waals surface area contributed by atoms with Crippen LogP contribution in [0.1, 0.15) is 15.9 Å². The van der Waals surface area contributed by atoms with Crippen LogP contribution in [-0.4, -0.2) is 40.9 Å². The van der Waals surface area contributed by atoms with Crippen LogP contribution in [-0.2, 0) is 21.3 Å². The van der Waals surface area contributed by atoms with Crippen molar-refractivity contribution in [3.05, 3.63) is 59.7 Å². The zero-order valence-electron chi connectivity index (χ0n) is 14.7. The second-order valence-electron chi connectivity index (χ2n) is 5.63. The average Bonchev–Trinajstić information content (AvgIpc) is 2.59. The van der Waals surface area contributed by atoms with Crippen molar-refractivity contribution in [2.75, 3.05) is 31.3 Å². The minimum Gasteiger partial charge on any atom is -0.491 e. The molecule has 0 radical (unpaired) electrons. The second-order valence-corrected chi connectivity index (χ2v) is 7.37. The van der Waals surface area contributed by atoms with Gasteiger partial charge in [-0.3, -0.25) is 9.52 Å². The number of nitrogens with one attached hydrogen (secondary N) is 2. The van der Waals surface area contributed by atoms with Crippen LogP contribution in [0.2, 0.25) is 0 Å². The molecule has 0 aliphatic heterocycles. The van der Waals surface area contributed by atoms with E-state index in [1.165, 1.54) is 6.07 Å². The summed E-state index contributed by atoms with van der Waals surface area (Å²) >= 11 is 0. The summed E-state index contributed by atoms with van der Waals surface area (Å²) in [4.78, 5) is 12.3. The van der Waals surface area contributed by atoms with E-state index in [9.17, 15) is 13.2 Å².